The minimum atomic E-state index is -0.0128. The number of nitrogens with zero attached hydrogens (tertiary/aromatic N) is 4. The van der Waals surface area contributed by atoms with Gasteiger partial charge in [-0.15, -0.1) is 12.4 Å². The Balaban J connectivity index is 0.00000231. The van der Waals surface area contributed by atoms with Gasteiger partial charge in [-0.2, -0.15) is 4.37 Å². The van der Waals surface area contributed by atoms with Crippen LogP contribution >= 0.6 is 23.9 Å². The smallest absolute Gasteiger partial charge is 0.233 e. The Hall–Kier alpha value is -1.70. The predicted molar refractivity (Wildman–Crippen MR) is 127 cm³/mol. The van der Waals surface area contributed by atoms with E-state index in [1.54, 1.807) is 16.4 Å². The van der Waals surface area contributed by atoms with E-state index in [9.17, 15) is 9.59 Å². The number of carbonyl (C=O) groups excluding carboxylic acids is 2. The maximum absolute atomic E-state index is 12.6. The van der Waals surface area contributed by atoms with Gasteiger partial charge in [0.05, 0.1) is 16.5 Å². The van der Waals surface area contributed by atoms with E-state index in [0.717, 1.165) is 77.1 Å². The van der Waals surface area contributed by atoms with Crippen LogP contribution in [-0.2, 0) is 9.59 Å². The molecule has 2 aliphatic heterocycles. The molecule has 1 aromatic heterocycles. The van der Waals surface area contributed by atoms with E-state index < -0.39 is 0 Å². The molecule has 0 bridgehead atoms. The zero-order chi connectivity index (χ0) is 20.5. The van der Waals surface area contributed by atoms with Crippen molar-refractivity contribution in [3.63, 3.8) is 0 Å². The molecule has 31 heavy (non-hydrogen) atoms. The van der Waals surface area contributed by atoms with Gasteiger partial charge in [-0.05, 0) is 55.9 Å². The number of aromatic nitrogens is 1. The number of hydrogen-bond donors (Lipinski definition) is 0. The summed E-state index contributed by atoms with van der Waals surface area (Å²) in [6.07, 6.45) is 5.95. The third-order valence-electron chi connectivity index (χ3n) is 7.07. The molecule has 0 N–H and O–H groups in total. The van der Waals surface area contributed by atoms with Crippen molar-refractivity contribution in [2.45, 2.75) is 38.5 Å². The first-order valence-electron chi connectivity index (χ1n) is 11.4. The fourth-order valence-corrected chi connectivity index (χ4v) is 6.14. The third-order valence-corrected chi connectivity index (χ3v) is 7.89. The number of likely N-dealkylation sites (tertiary alicyclic amines) is 1. The van der Waals surface area contributed by atoms with E-state index in [2.05, 4.69) is 38.4 Å². The maximum Gasteiger partial charge on any atom is 0.233 e. The lowest BCUT2D eigenvalue weighted by Gasteiger charge is -2.35. The molecule has 1 aliphatic carbocycles. The van der Waals surface area contributed by atoms with Gasteiger partial charge in [0.25, 0.3) is 0 Å². The number of unbranched alkanes of at least 4 members (excludes halogenated alkanes) is 1. The second-order valence-corrected chi connectivity index (χ2v) is 9.67. The van der Waals surface area contributed by atoms with Crippen LogP contribution in [0.2, 0.25) is 0 Å². The zero-order valence-corrected chi connectivity index (χ0v) is 19.5. The highest BCUT2D eigenvalue weighted by Gasteiger charge is 2.47. The van der Waals surface area contributed by atoms with Crippen LogP contribution in [0.1, 0.15) is 38.5 Å². The highest BCUT2D eigenvalue weighted by molar-refractivity contribution is 7.13. The van der Waals surface area contributed by atoms with Gasteiger partial charge in [-0.3, -0.25) is 19.4 Å². The number of benzene rings is 1. The summed E-state index contributed by atoms with van der Waals surface area (Å²) < 4.78 is 5.94. The topological polar surface area (TPSA) is 56.8 Å². The molecule has 1 aromatic carbocycles. The summed E-state index contributed by atoms with van der Waals surface area (Å²) in [4.78, 5) is 31.6. The summed E-state index contributed by atoms with van der Waals surface area (Å²) in [6, 6.07) is 8.45. The number of imide groups is 1. The Morgan fingerprint density at radius 3 is 2.26 bits per heavy atom. The number of anilines is 1. The molecule has 2 saturated heterocycles. The summed E-state index contributed by atoms with van der Waals surface area (Å²) >= 11 is 1.58. The SMILES string of the molecule is Cl.O=C1[C@H]2CCCC[C@H]2C(=O)N1CCCCN1CCN(c2nsc3ccccc23)CC1. The summed E-state index contributed by atoms with van der Waals surface area (Å²) in [5, 5.41) is 1.26. The Morgan fingerprint density at radius 2 is 1.55 bits per heavy atom. The van der Waals surface area contributed by atoms with Gasteiger partial charge in [0.1, 0.15) is 5.82 Å². The highest BCUT2D eigenvalue weighted by atomic mass is 35.5. The standard InChI is InChI=1S/C23H30N4O2S.ClH/c28-22-17-7-1-2-8-18(17)23(29)27(22)12-6-5-11-25-13-15-26(16-14-25)21-19-9-3-4-10-20(19)30-24-21;/h3-4,9-10,17-18H,1-2,5-8,11-16H2;1H/t17-,18+;. The average Bonchev–Trinajstić information content (AvgIpc) is 3.32. The molecular weight excluding hydrogens is 432 g/mol. The van der Waals surface area contributed by atoms with E-state index in [4.69, 9.17) is 0 Å². The van der Waals surface area contributed by atoms with Crippen molar-refractivity contribution in [1.29, 1.82) is 0 Å². The Kier molecular flexibility index (Phi) is 7.14. The van der Waals surface area contributed by atoms with Crippen LogP contribution in [0.25, 0.3) is 10.1 Å². The van der Waals surface area contributed by atoms with Gasteiger partial charge in [0.15, 0.2) is 0 Å². The van der Waals surface area contributed by atoms with Gasteiger partial charge in [-0.25, -0.2) is 0 Å². The number of fused-ring (bicyclic) bond motifs is 2. The predicted octanol–water partition coefficient (Wildman–Crippen LogP) is 3.80. The first-order chi connectivity index (χ1) is 14.7. The Labute approximate surface area is 194 Å². The van der Waals surface area contributed by atoms with Gasteiger partial charge < -0.3 is 4.90 Å². The molecule has 2 amide bonds. The molecule has 2 aromatic rings. The molecular formula is C23H31ClN4O2S. The zero-order valence-electron chi connectivity index (χ0n) is 17.9. The molecule has 0 radical (unpaired) electrons. The van der Waals surface area contributed by atoms with E-state index >= 15 is 0 Å². The van der Waals surface area contributed by atoms with Crippen molar-refractivity contribution in [3.05, 3.63) is 24.3 Å². The number of amides is 2. The minimum Gasteiger partial charge on any atom is -0.353 e. The van der Waals surface area contributed by atoms with Crippen LogP contribution < -0.4 is 4.90 Å². The van der Waals surface area contributed by atoms with E-state index in [1.165, 1.54) is 10.1 Å². The molecule has 3 aliphatic rings. The van der Waals surface area contributed by atoms with Crippen molar-refractivity contribution in [2.24, 2.45) is 11.8 Å². The van der Waals surface area contributed by atoms with Gasteiger partial charge in [0.2, 0.25) is 11.8 Å². The number of piperazine rings is 1. The molecule has 1 saturated carbocycles. The fourth-order valence-electron chi connectivity index (χ4n) is 5.34. The normalized spacial score (nSPS) is 24.5. The number of carbonyl (C=O) groups is 2. The first kappa shape index (κ1) is 22.5. The van der Waals surface area contributed by atoms with Crippen molar-refractivity contribution < 1.29 is 9.59 Å². The number of rotatable bonds is 6. The van der Waals surface area contributed by atoms with Gasteiger partial charge in [0, 0.05) is 38.1 Å². The monoisotopic (exact) mass is 462 g/mol. The molecule has 0 unspecified atom stereocenters. The fraction of sp³-hybridized carbons (Fsp3) is 0.609. The van der Waals surface area contributed by atoms with E-state index in [0.29, 0.717) is 6.54 Å². The molecule has 168 valence electrons. The van der Waals surface area contributed by atoms with Crippen molar-refractivity contribution in [2.75, 3.05) is 44.2 Å². The second-order valence-electron chi connectivity index (χ2n) is 8.86. The van der Waals surface area contributed by atoms with Crippen molar-refractivity contribution >= 4 is 51.7 Å². The van der Waals surface area contributed by atoms with Crippen LogP contribution in [0.4, 0.5) is 5.82 Å². The number of halogens is 1. The molecule has 3 heterocycles. The second kappa shape index (κ2) is 9.84. The average molecular weight is 463 g/mol. The first-order valence-corrected chi connectivity index (χ1v) is 12.2. The molecule has 5 rings (SSSR count). The van der Waals surface area contributed by atoms with E-state index in [-0.39, 0.29) is 36.1 Å². The number of hydrogen-bond acceptors (Lipinski definition) is 6. The summed E-state index contributed by atoms with van der Waals surface area (Å²) in [5.74, 6) is 1.31. The molecule has 2 atom stereocenters. The third kappa shape index (κ3) is 4.45. The molecule has 6 nitrogen and oxygen atoms in total. The Bertz CT molecular complexity index is 903. The van der Waals surface area contributed by atoms with Crippen LogP contribution in [0.3, 0.4) is 0 Å². The molecule has 3 fully saturated rings. The summed E-state index contributed by atoms with van der Waals surface area (Å²) in [7, 11) is 0. The van der Waals surface area contributed by atoms with Crippen LogP contribution in [0, 0.1) is 11.8 Å². The lowest BCUT2D eigenvalue weighted by atomic mass is 9.81. The summed E-state index contributed by atoms with van der Waals surface area (Å²) in [5.41, 5.74) is 0. The summed E-state index contributed by atoms with van der Waals surface area (Å²) in [6.45, 7) is 5.72. The van der Waals surface area contributed by atoms with Crippen LogP contribution in [0.5, 0.6) is 0 Å². The lowest BCUT2D eigenvalue weighted by molar-refractivity contribution is -0.140. The van der Waals surface area contributed by atoms with E-state index in [1.807, 2.05) is 0 Å². The molecule has 0 spiro atoms. The minimum absolute atomic E-state index is 0. The highest BCUT2D eigenvalue weighted by Crippen LogP contribution is 2.38. The van der Waals surface area contributed by atoms with Crippen molar-refractivity contribution in [1.82, 2.24) is 14.2 Å². The maximum atomic E-state index is 12.6. The quantitative estimate of drug-likeness (QED) is 0.482. The molecule has 8 heteroatoms. The Morgan fingerprint density at radius 1 is 0.903 bits per heavy atom. The van der Waals surface area contributed by atoms with Crippen molar-refractivity contribution in [3.8, 4) is 0 Å². The van der Waals surface area contributed by atoms with Crippen LogP contribution in [0.15, 0.2) is 24.3 Å². The largest absolute Gasteiger partial charge is 0.353 e. The van der Waals surface area contributed by atoms with Gasteiger partial charge >= 0.3 is 0 Å². The lowest BCUT2D eigenvalue weighted by Crippen LogP contribution is -2.46. The van der Waals surface area contributed by atoms with Gasteiger partial charge in [-0.1, -0.05) is 25.0 Å². The van der Waals surface area contributed by atoms with Crippen LogP contribution in [-0.4, -0.2) is 65.3 Å².